The van der Waals surface area contributed by atoms with Crippen LogP contribution < -0.4 is 4.74 Å². The minimum Gasteiger partial charge on any atom is -0.481 e. The van der Waals surface area contributed by atoms with E-state index < -0.39 is 5.97 Å². The van der Waals surface area contributed by atoms with E-state index in [0.717, 1.165) is 0 Å². The van der Waals surface area contributed by atoms with Crippen LogP contribution >= 0.6 is 0 Å². The third-order valence-corrected chi connectivity index (χ3v) is 4.35. The molecule has 2 atom stereocenters. The lowest BCUT2D eigenvalue weighted by atomic mass is 10.1. The van der Waals surface area contributed by atoms with Gasteiger partial charge in [0.15, 0.2) is 0 Å². The zero-order valence-corrected chi connectivity index (χ0v) is 14.4. The van der Waals surface area contributed by atoms with Gasteiger partial charge in [-0.25, -0.2) is 0 Å². The van der Waals surface area contributed by atoms with Crippen molar-refractivity contribution in [2.24, 2.45) is 0 Å². The van der Waals surface area contributed by atoms with Gasteiger partial charge in [-0.3, -0.25) is 14.6 Å². The summed E-state index contributed by atoms with van der Waals surface area (Å²) >= 11 is 0. The van der Waals surface area contributed by atoms with Crippen molar-refractivity contribution in [3.63, 3.8) is 0 Å². The Morgan fingerprint density at radius 3 is 2.62 bits per heavy atom. The first-order chi connectivity index (χ1) is 12.6. The molecule has 26 heavy (non-hydrogen) atoms. The van der Waals surface area contributed by atoms with Gasteiger partial charge in [0.2, 0.25) is 0 Å². The highest BCUT2D eigenvalue weighted by molar-refractivity contribution is 5.95. The molecular formula is C19H20N2O5. The van der Waals surface area contributed by atoms with Crippen molar-refractivity contribution in [3.8, 4) is 11.5 Å². The summed E-state index contributed by atoms with van der Waals surface area (Å²) in [6, 6.07) is 9.95. The summed E-state index contributed by atoms with van der Waals surface area (Å²) in [6.07, 6.45) is 3.55. The van der Waals surface area contributed by atoms with Crippen molar-refractivity contribution < 1.29 is 24.2 Å². The number of carbonyl (C=O) groups is 2. The molecule has 1 aliphatic heterocycles. The molecule has 1 aromatic heterocycles. The van der Waals surface area contributed by atoms with Gasteiger partial charge in [0.05, 0.1) is 18.7 Å². The van der Waals surface area contributed by atoms with Gasteiger partial charge < -0.3 is 19.5 Å². The first-order valence-electron chi connectivity index (χ1n) is 8.30. The number of pyridine rings is 1. The van der Waals surface area contributed by atoms with E-state index in [1.54, 1.807) is 60.8 Å². The third kappa shape index (κ3) is 4.18. The SMILES string of the molecule is COC1CC(CC(=O)O)N(C(=O)c2ccc(Oc3cccnc3)cc2)C1. The van der Waals surface area contributed by atoms with Gasteiger partial charge in [0, 0.05) is 31.5 Å². The second-order valence-corrected chi connectivity index (χ2v) is 6.12. The number of methoxy groups -OCH3 is 1. The number of carbonyl (C=O) groups excluding carboxylic acids is 1. The van der Waals surface area contributed by atoms with E-state index in [1.165, 1.54) is 0 Å². The molecule has 1 saturated heterocycles. The monoisotopic (exact) mass is 356 g/mol. The standard InChI is InChI=1S/C19H20N2O5/c1-25-17-9-14(10-18(22)23)21(12-17)19(24)13-4-6-15(7-5-13)26-16-3-2-8-20-11-16/h2-8,11,14,17H,9-10,12H2,1H3,(H,22,23). The van der Waals surface area contributed by atoms with Crippen LogP contribution in [0.4, 0.5) is 0 Å². The van der Waals surface area contributed by atoms with Crippen LogP contribution in [0.15, 0.2) is 48.8 Å². The molecule has 2 aromatic rings. The fraction of sp³-hybridized carbons (Fsp3) is 0.316. The number of carboxylic acid groups (broad SMARTS) is 1. The van der Waals surface area contributed by atoms with Crippen LogP contribution in [0.1, 0.15) is 23.2 Å². The van der Waals surface area contributed by atoms with Gasteiger partial charge in [-0.2, -0.15) is 0 Å². The first-order valence-corrected chi connectivity index (χ1v) is 8.30. The fourth-order valence-electron chi connectivity index (χ4n) is 3.06. The van der Waals surface area contributed by atoms with Crippen molar-refractivity contribution in [2.45, 2.75) is 25.0 Å². The summed E-state index contributed by atoms with van der Waals surface area (Å²) in [6.45, 7) is 0.390. The third-order valence-electron chi connectivity index (χ3n) is 4.35. The van der Waals surface area contributed by atoms with Gasteiger partial charge in [-0.15, -0.1) is 0 Å². The number of rotatable bonds is 6. The van der Waals surface area contributed by atoms with E-state index in [0.29, 0.717) is 30.0 Å². The predicted molar refractivity (Wildman–Crippen MR) is 93.2 cm³/mol. The topological polar surface area (TPSA) is 89.0 Å². The molecule has 0 saturated carbocycles. The van der Waals surface area contributed by atoms with Crippen LogP contribution in [0.25, 0.3) is 0 Å². The molecule has 1 amide bonds. The van der Waals surface area contributed by atoms with Crippen LogP contribution in [-0.4, -0.2) is 52.7 Å². The summed E-state index contributed by atoms with van der Waals surface area (Å²) in [5, 5.41) is 9.08. The Kier molecular flexibility index (Phi) is 5.48. The molecular weight excluding hydrogens is 336 g/mol. The van der Waals surface area contributed by atoms with E-state index in [9.17, 15) is 9.59 Å². The molecule has 0 radical (unpaired) electrons. The van der Waals surface area contributed by atoms with Crippen LogP contribution in [0.5, 0.6) is 11.5 Å². The summed E-state index contributed by atoms with van der Waals surface area (Å²) in [5.74, 6) is 0.0666. The van der Waals surface area contributed by atoms with Crippen LogP contribution in [0.2, 0.25) is 0 Å². The molecule has 7 nitrogen and oxygen atoms in total. The quantitative estimate of drug-likeness (QED) is 0.856. The lowest BCUT2D eigenvalue weighted by molar-refractivity contribution is -0.137. The maximum atomic E-state index is 12.8. The number of nitrogens with zero attached hydrogens (tertiary/aromatic N) is 2. The number of carboxylic acids is 1. The predicted octanol–water partition coefficient (Wildman–Crippen LogP) is 2.58. The fourth-order valence-corrected chi connectivity index (χ4v) is 3.06. The van der Waals surface area contributed by atoms with Gasteiger partial charge in [-0.05, 0) is 42.8 Å². The molecule has 7 heteroatoms. The van der Waals surface area contributed by atoms with E-state index in [1.807, 2.05) is 0 Å². The lowest BCUT2D eigenvalue weighted by Gasteiger charge is -2.23. The van der Waals surface area contributed by atoms with Crippen LogP contribution in [-0.2, 0) is 9.53 Å². The molecule has 0 spiro atoms. The smallest absolute Gasteiger partial charge is 0.305 e. The highest BCUT2D eigenvalue weighted by atomic mass is 16.5. The molecule has 0 aliphatic carbocycles. The van der Waals surface area contributed by atoms with Crippen molar-refractivity contribution in [3.05, 3.63) is 54.4 Å². The van der Waals surface area contributed by atoms with Gasteiger partial charge in [0.25, 0.3) is 5.91 Å². The van der Waals surface area contributed by atoms with E-state index in [-0.39, 0.29) is 24.5 Å². The zero-order valence-electron chi connectivity index (χ0n) is 14.4. The van der Waals surface area contributed by atoms with Crippen LogP contribution in [0, 0.1) is 0 Å². The number of likely N-dealkylation sites (tertiary alicyclic amines) is 1. The van der Waals surface area contributed by atoms with Gasteiger partial charge in [0.1, 0.15) is 11.5 Å². The first kappa shape index (κ1) is 17.9. The maximum Gasteiger partial charge on any atom is 0.305 e. The normalized spacial score (nSPS) is 19.3. The Morgan fingerprint density at radius 1 is 1.23 bits per heavy atom. The molecule has 0 bridgehead atoms. The Morgan fingerprint density at radius 2 is 2.00 bits per heavy atom. The molecule has 2 unspecified atom stereocenters. The largest absolute Gasteiger partial charge is 0.481 e. The minimum absolute atomic E-state index is 0.0895. The molecule has 1 fully saturated rings. The van der Waals surface area contributed by atoms with Crippen molar-refractivity contribution >= 4 is 11.9 Å². The molecule has 1 N–H and O–H groups in total. The number of aromatic nitrogens is 1. The molecule has 3 rings (SSSR count). The molecule has 1 aromatic carbocycles. The Hall–Kier alpha value is -2.93. The number of hydrogen-bond donors (Lipinski definition) is 1. The highest BCUT2D eigenvalue weighted by Crippen LogP contribution is 2.26. The van der Waals surface area contributed by atoms with Crippen LogP contribution in [0.3, 0.4) is 0 Å². The van der Waals surface area contributed by atoms with E-state index >= 15 is 0 Å². The number of aliphatic carboxylic acids is 1. The second kappa shape index (κ2) is 7.97. The minimum atomic E-state index is -0.926. The summed E-state index contributed by atoms with van der Waals surface area (Å²) < 4.78 is 11.0. The number of amides is 1. The average Bonchev–Trinajstić information content (AvgIpc) is 3.05. The van der Waals surface area contributed by atoms with E-state index in [4.69, 9.17) is 14.6 Å². The number of ether oxygens (including phenoxy) is 2. The number of benzene rings is 1. The molecule has 2 heterocycles. The highest BCUT2D eigenvalue weighted by Gasteiger charge is 2.36. The lowest BCUT2D eigenvalue weighted by Crippen LogP contribution is -2.37. The Balaban J connectivity index is 1.71. The van der Waals surface area contributed by atoms with Gasteiger partial charge >= 0.3 is 5.97 Å². The average molecular weight is 356 g/mol. The van der Waals surface area contributed by atoms with Crippen molar-refractivity contribution in [2.75, 3.05) is 13.7 Å². The van der Waals surface area contributed by atoms with Crippen molar-refractivity contribution in [1.82, 2.24) is 9.88 Å². The Bertz CT molecular complexity index is 763. The Labute approximate surface area is 151 Å². The van der Waals surface area contributed by atoms with Crippen molar-refractivity contribution in [1.29, 1.82) is 0 Å². The zero-order chi connectivity index (χ0) is 18.5. The summed E-state index contributed by atoms with van der Waals surface area (Å²) in [7, 11) is 1.57. The number of hydrogen-bond acceptors (Lipinski definition) is 5. The molecule has 1 aliphatic rings. The molecule has 136 valence electrons. The van der Waals surface area contributed by atoms with E-state index in [2.05, 4.69) is 4.98 Å². The second-order valence-electron chi connectivity index (χ2n) is 6.12. The summed E-state index contributed by atoms with van der Waals surface area (Å²) in [4.78, 5) is 29.4. The summed E-state index contributed by atoms with van der Waals surface area (Å²) in [5.41, 5.74) is 0.482. The maximum absolute atomic E-state index is 12.8. The van der Waals surface area contributed by atoms with Gasteiger partial charge in [-0.1, -0.05) is 0 Å².